The standard InChI is InChI=1S/C22H29N3O2/c1-3-16-8-10-17(11-9-16)19-12-20(21-23-15(2)24-27-21)14-25(13-19)22(26)18-6-4-5-7-18/h8-11,18-20H,3-7,12-14H2,1-2H3. The molecule has 2 aromatic rings. The summed E-state index contributed by atoms with van der Waals surface area (Å²) < 4.78 is 5.48. The van der Waals surface area contributed by atoms with Crippen molar-refractivity contribution in [1.29, 1.82) is 0 Å². The third-order valence-electron chi connectivity index (χ3n) is 6.22. The van der Waals surface area contributed by atoms with E-state index in [9.17, 15) is 4.79 Å². The molecule has 0 bridgehead atoms. The molecule has 27 heavy (non-hydrogen) atoms. The third kappa shape index (κ3) is 3.92. The highest BCUT2D eigenvalue weighted by atomic mass is 16.5. The number of hydrogen-bond donors (Lipinski definition) is 0. The largest absolute Gasteiger partial charge is 0.341 e. The Morgan fingerprint density at radius 1 is 1.15 bits per heavy atom. The number of hydrogen-bond acceptors (Lipinski definition) is 4. The fourth-order valence-electron chi connectivity index (χ4n) is 4.63. The molecule has 1 amide bonds. The average molecular weight is 367 g/mol. The number of benzene rings is 1. The van der Waals surface area contributed by atoms with Crippen molar-refractivity contribution in [3.8, 4) is 0 Å². The van der Waals surface area contributed by atoms with E-state index < -0.39 is 0 Å². The highest BCUT2D eigenvalue weighted by Crippen LogP contribution is 2.37. The molecule has 1 aliphatic heterocycles. The minimum Gasteiger partial charge on any atom is -0.341 e. The van der Waals surface area contributed by atoms with E-state index >= 15 is 0 Å². The van der Waals surface area contributed by atoms with Gasteiger partial charge in [-0.2, -0.15) is 4.98 Å². The lowest BCUT2D eigenvalue weighted by Gasteiger charge is -2.38. The van der Waals surface area contributed by atoms with E-state index in [-0.39, 0.29) is 11.8 Å². The first-order valence-corrected chi connectivity index (χ1v) is 10.3. The Hall–Kier alpha value is -2.17. The van der Waals surface area contributed by atoms with Crippen molar-refractivity contribution in [3.05, 3.63) is 47.1 Å². The van der Waals surface area contributed by atoms with Crippen LogP contribution in [0.4, 0.5) is 0 Å². The molecule has 1 aromatic carbocycles. The molecule has 0 N–H and O–H groups in total. The lowest BCUT2D eigenvalue weighted by Crippen LogP contribution is -2.44. The molecule has 1 saturated heterocycles. The molecule has 2 fully saturated rings. The van der Waals surface area contributed by atoms with Crippen LogP contribution in [-0.2, 0) is 11.2 Å². The van der Waals surface area contributed by atoms with Gasteiger partial charge in [0.2, 0.25) is 11.8 Å². The molecule has 2 unspecified atom stereocenters. The van der Waals surface area contributed by atoms with Crippen LogP contribution in [0.2, 0.25) is 0 Å². The van der Waals surface area contributed by atoms with E-state index in [2.05, 4.69) is 46.2 Å². The van der Waals surface area contributed by atoms with Crippen molar-refractivity contribution in [2.24, 2.45) is 5.92 Å². The number of amides is 1. The van der Waals surface area contributed by atoms with Gasteiger partial charge in [-0.25, -0.2) is 0 Å². The summed E-state index contributed by atoms with van der Waals surface area (Å²) in [6.07, 6.45) is 6.42. The van der Waals surface area contributed by atoms with Crippen LogP contribution in [0.25, 0.3) is 0 Å². The Balaban J connectivity index is 1.58. The lowest BCUT2D eigenvalue weighted by atomic mass is 9.83. The van der Waals surface area contributed by atoms with Crippen molar-refractivity contribution >= 4 is 5.91 Å². The Kier molecular flexibility index (Phi) is 5.28. The molecule has 1 aromatic heterocycles. The third-order valence-corrected chi connectivity index (χ3v) is 6.22. The summed E-state index contributed by atoms with van der Waals surface area (Å²) >= 11 is 0. The molecule has 1 aliphatic carbocycles. The molecule has 144 valence electrons. The lowest BCUT2D eigenvalue weighted by molar-refractivity contribution is -0.137. The predicted octanol–water partition coefficient (Wildman–Crippen LogP) is 4.23. The minimum absolute atomic E-state index is 0.112. The molecular formula is C22H29N3O2. The smallest absolute Gasteiger partial charge is 0.231 e. The van der Waals surface area contributed by atoms with Crippen LogP contribution in [0.15, 0.2) is 28.8 Å². The van der Waals surface area contributed by atoms with E-state index in [1.54, 1.807) is 0 Å². The van der Waals surface area contributed by atoms with E-state index in [1.807, 2.05) is 6.92 Å². The van der Waals surface area contributed by atoms with Gasteiger partial charge in [-0.3, -0.25) is 4.79 Å². The summed E-state index contributed by atoms with van der Waals surface area (Å²) in [5.41, 5.74) is 2.65. The molecule has 0 spiro atoms. The summed E-state index contributed by atoms with van der Waals surface area (Å²) in [5.74, 6) is 2.29. The maximum atomic E-state index is 13.1. The van der Waals surface area contributed by atoms with E-state index in [1.165, 1.54) is 24.0 Å². The monoisotopic (exact) mass is 367 g/mol. The number of piperidine rings is 1. The SMILES string of the molecule is CCc1ccc(C2CC(c3nc(C)no3)CN(C(=O)C3CCCC3)C2)cc1. The number of likely N-dealkylation sites (tertiary alicyclic amines) is 1. The number of aryl methyl sites for hydroxylation is 2. The van der Waals surface area contributed by atoms with E-state index in [0.29, 0.717) is 30.1 Å². The Bertz CT molecular complexity index is 777. The number of carbonyl (C=O) groups excluding carboxylic acids is 1. The van der Waals surface area contributed by atoms with Crippen LogP contribution >= 0.6 is 0 Å². The zero-order valence-electron chi connectivity index (χ0n) is 16.4. The van der Waals surface area contributed by atoms with Gasteiger partial charge in [-0.1, -0.05) is 49.2 Å². The van der Waals surface area contributed by atoms with Crippen molar-refractivity contribution in [2.45, 2.75) is 64.2 Å². The molecule has 4 rings (SSSR count). The van der Waals surface area contributed by atoms with Crippen molar-refractivity contribution in [3.63, 3.8) is 0 Å². The van der Waals surface area contributed by atoms with Gasteiger partial charge in [0.05, 0.1) is 5.92 Å². The number of aromatic nitrogens is 2. The van der Waals surface area contributed by atoms with Gasteiger partial charge in [0.1, 0.15) is 0 Å². The van der Waals surface area contributed by atoms with E-state index in [4.69, 9.17) is 4.52 Å². The molecule has 0 radical (unpaired) electrons. The van der Waals surface area contributed by atoms with Crippen molar-refractivity contribution in [1.82, 2.24) is 15.0 Å². The van der Waals surface area contributed by atoms with Gasteiger partial charge in [0, 0.05) is 24.9 Å². The van der Waals surface area contributed by atoms with Gasteiger partial charge < -0.3 is 9.42 Å². The predicted molar refractivity (Wildman–Crippen MR) is 103 cm³/mol. The molecule has 2 atom stereocenters. The number of nitrogens with zero attached hydrogens (tertiary/aromatic N) is 3. The first-order chi connectivity index (χ1) is 13.1. The summed E-state index contributed by atoms with van der Waals surface area (Å²) in [7, 11) is 0. The first kappa shape index (κ1) is 18.2. The Morgan fingerprint density at radius 2 is 1.85 bits per heavy atom. The highest BCUT2D eigenvalue weighted by Gasteiger charge is 2.37. The topological polar surface area (TPSA) is 59.2 Å². The van der Waals surface area contributed by atoms with Gasteiger partial charge in [-0.05, 0) is 43.7 Å². The zero-order valence-corrected chi connectivity index (χ0v) is 16.4. The number of rotatable bonds is 4. The molecular weight excluding hydrogens is 338 g/mol. The molecule has 2 heterocycles. The fourth-order valence-corrected chi connectivity index (χ4v) is 4.63. The van der Waals surface area contributed by atoms with Gasteiger partial charge >= 0.3 is 0 Å². The number of carbonyl (C=O) groups is 1. The summed E-state index contributed by atoms with van der Waals surface area (Å²) in [6, 6.07) is 8.87. The van der Waals surface area contributed by atoms with Crippen molar-refractivity contribution in [2.75, 3.05) is 13.1 Å². The summed E-state index contributed by atoms with van der Waals surface area (Å²) in [4.78, 5) is 19.7. The van der Waals surface area contributed by atoms with Crippen molar-refractivity contribution < 1.29 is 9.32 Å². The summed E-state index contributed by atoms with van der Waals surface area (Å²) in [5, 5.41) is 3.97. The fraction of sp³-hybridized carbons (Fsp3) is 0.591. The minimum atomic E-state index is 0.112. The van der Waals surface area contributed by atoms with Crippen LogP contribution in [0.1, 0.15) is 73.7 Å². The van der Waals surface area contributed by atoms with Gasteiger partial charge in [0.15, 0.2) is 5.82 Å². The summed E-state index contributed by atoms with van der Waals surface area (Å²) in [6.45, 7) is 5.51. The normalized spacial score (nSPS) is 23.7. The van der Waals surface area contributed by atoms with Crippen LogP contribution < -0.4 is 0 Å². The van der Waals surface area contributed by atoms with Gasteiger partial charge in [-0.15, -0.1) is 0 Å². The Morgan fingerprint density at radius 3 is 2.48 bits per heavy atom. The second-order valence-corrected chi connectivity index (χ2v) is 8.13. The molecule has 5 nitrogen and oxygen atoms in total. The van der Waals surface area contributed by atoms with Crippen LogP contribution in [0.5, 0.6) is 0 Å². The second kappa shape index (κ2) is 7.83. The zero-order chi connectivity index (χ0) is 18.8. The van der Waals surface area contributed by atoms with E-state index in [0.717, 1.165) is 32.2 Å². The van der Waals surface area contributed by atoms with Crippen LogP contribution in [0.3, 0.4) is 0 Å². The molecule has 1 saturated carbocycles. The average Bonchev–Trinajstić information content (AvgIpc) is 3.39. The van der Waals surface area contributed by atoms with Gasteiger partial charge in [0.25, 0.3) is 0 Å². The second-order valence-electron chi connectivity index (χ2n) is 8.13. The van der Waals surface area contributed by atoms with Crippen LogP contribution in [0, 0.1) is 12.8 Å². The van der Waals surface area contributed by atoms with Crippen LogP contribution in [-0.4, -0.2) is 34.0 Å². The first-order valence-electron chi connectivity index (χ1n) is 10.3. The maximum absolute atomic E-state index is 13.1. The highest BCUT2D eigenvalue weighted by molar-refractivity contribution is 5.79. The molecule has 2 aliphatic rings. The maximum Gasteiger partial charge on any atom is 0.231 e. The quantitative estimate of drug-likeness (QED) is 0.811. The Labute approximate surface area is 161 Å². The molecule has 5 heteroatoms.